The molecule has 24 heavy (non-hydrogen) atoms. The van der Waals surface area contributed by atoms with Gasteiger partial charge in [-0.3, -0.25) is 4.79 Å². The molecule has 8 heteroatoms. The lowest BCUT2D eigenvalue weighted by molar-refractivity contribution is 0.100. The van der Waals surface area contributed by atoms with E-state index in [2.05, 4.69) is 4.98 Å². The molecule has 1 aliphatic rings. The van der Waals surface area contributed by atoms with Crippen LogP contribution < -0.4 is 10.6 Å². The largest absolute Gasteiger partial charge is 0.365 e. The van der Waals surface area contributed by atoms with Crippen molar-refractivity contribution in [3.8, 4) is 0 Å². The summed E-state index contributed by atoms with van der Waals surface area (Å²) in [4.78, 5) is 17.9. The summed E-state index contributed by atoms with van der Waals surface area (Å²) >= 11 is 0. The fourth-order valence-electron chi connectivity index (χ4n) is 2.72. The number of pyridine rings is 1. The third-order valence-corrected chi connectivity index (χ3v) is 5.88. The van der Waals surface area contributed by atoms with E-state index in [-0.39, 0.29) is 4.90 Å². The number of amides is 1. The van der Waals surface area contributed by atoms with Gasteiger partial charge in [0.25, 0.3) is 5.91 Å². The van der Waals surface area contributed by atoms with Crippen molar-refractivity contribution in [3.05, 3.63) is 54.2 Å². The number of carbonyl (C=O) groups excluding carboxylic acids is 1. The number of benzene rings is 1. The highest BCUT2D eigenvalue weighted by Gasteiger charge is 2.29. The number of sulfonamides is 1. The van der Waals surface area contributed by atoms with E-state index < -0.39 is 15.9 Å². The molecule has 0 aliphatic carbocycles. The molecule has 2 N–H and O–H groups in total. The summed E-state index contributed by atoms with van der Waals surface area (Å²) in [7, 11) is -3.50. The zero-order valence-corrected chi connectivity index (χ0v) is 13.8. The van der Waals surface area contributed by atoms with Gasteiger partial charge in [0, 0.05) is 32.4 Å². The summed E-state index contributed by atoms with van der Waals surface area (Å²) < 4.78 is 26.7. The smallest absolute Gasteiger partial charge is 0.252 e. The number of hydrogen-bond acceptors (Lipinski definition) is 5. The predicted octanol–water partition coefficient (Wildman–Crippen LogP) is 0.691. The first kappa shape index (κ1) is 16.4. The Hall–Kier alpha value is -2.45. The van der Waals surface area contributed by atoms with Crippen LogP contribution in [0.15, 0.2) is 53.6 Å². The molecule has 2 aromatic rings. The monoisotopic (exact) mass is 346 g/mol. The third kappa shape index (κ3) is 3.10. The zero-order valence-electron chi connectivity index (χ0n) is 13.0. The molecule has 2 heterocycles. The Kier molecular flexibility index (Phi) is 4.50. The Bertz CT molecular complexity index is 831. The van der Waals surface area contributed by atoms with Gasteiger partial charge in [0.15, 0.2) is 0 Å². The van der Waals surface area contributed by atoms with E-state index in [1.54, 1.807) is 48.7 Å². The summed E-state index contributed by atoms with van der Waals surface area (Å²) in [6.07, 6.45) is 1.59. The normalized spacial score (nSPS) is 16.1. The molecule has 1 aromatic carbocycles. The van der Waals surface area contributed by atoms with Crippen LogP contribution in [0.3, 0.4) is 0 Å². The van der Waals surface area contributed by atoms with E-state index in [9.17, 15) is 13.2 Å². The van der Waals surface area contributed by atoms with Crippen LogP contribution in [0.5, 0.6) is 0 Å². The number of nitrogens with zero attached hydrogens (tertiary/aromatic N) is 3. The quantitative estimate of drug-likeness (QED) is 0.879. The van der Waals surface area contributed by atoms with Crippen LogP contribution in [-0.2, 0) is 10.0 Å². The van der Waals surface area contributed by atoms with Gasteiger partial charge in [-0.05, 0) is 24.3 Å². The van der Waals surface area contributed by atoms with Crippen LogP contribution in [0.25, 0.3) is 0 Å². The second kappa shape index (κ2) is 6.58. The van der Waals surface area contributed by atoms with Gasteiger partial charge in [0.2, 0.25) is 10.0 Å². The molecule has 3 rings (SSSR count). The molecule has 0 unspecified atom stereocenters. The van der Waals surface area contributed by atoms with E-state index in [1.807, 2.05) is 4.90 Å². The van der Waals surface area contributed by atoms with Gasteiger partial charge in [-0.25, -0.2) is 13.4 Å². The number of piperazine rings is 1. The van der Waals surface area contributed by atoms with E-state index in [0.717, 1.165) is 0 Å². The highest BCUT2D eigenvalue weighted by molar-refractivity contribution is 7.89. The molecule has 7 nitrogen and oxygen atoms in total. The number of aromatic nitrogens is 1. The number of anilines is 1. The molecule has 0 radical (unpaired) electrons. The summed E-state index contributed by atoms with van der Waals surface area (Å²) in [5.74, 6) is -0.0424. The maximum absolute atomic E-state index is 12.6. The van der Waals surface area contributed by atoms with E-state index >= 15 is 0 Å². The van der Waals surface area contributed by atoms with Crippen molar-refractivity contribution < 1.29 is 13.2 Å². The Morgan fingerprint density at radius 3 is 2.29 bits per heavy atom. The van der Waals surface area contributed by atoms with E-state index in [4.69, 9.17) is 5.73 Å². The first-order valence-corrected chi connectivity index (χ1v) is 8.99. The first-order valence-electron chi connectivity index (χ1n) is 7.55. The number of carbonyl (C=O) groups is 1. The molecule has 0 atom stereocenters. The fraction of sp³-hybridized carbons (Fsp3) is 0.250. The maximum Gasteiger partial charge on any atom is 0.252 e. The number of primary amides is 1. The van der Waals surface area contributed by atoms with Gasteiger partial charge in [-0.15, -0.1) is 0 Å². The lowest BCUT2D eigenvalue weighted by atomic mass is 10.2. The van der Waals surface area contributed by atoms with Crippen LogP contribution in [0.1, 0.15) is 10.4 Å². The Labute approximate surface area is 140 Å². The molecule has 1 aromatic heterocycles. The van der Waals surface area contributed by atoms with Crippen molar-refractivity contribution in [1.82, 2.24) is 9.29 Å². The van der Waals surface area contributed by atoms with Crippen LogP contribution in [-0.4, -0.2) is 49.8 Å². The van der Waals surface area contributed by atoms with Gasteiger partial charge >= 0.3 is 0 Å². The molecule has 1 fully saturated rings. The van der Waals surface area contributed by atoms with Crippen molar-refractivity contribution in [2.24, 2.45) is 5.73 Å². The minimum atomic E-state index is -3.50. The SMILES string of the molecule is NC(=O)c1cccnc1N1CCN(S(=O)(=O)c2ccccc2)CC1. The molecular weight excluding hydrogens is 328 g/mol. The zero-order chi connectivity index (χ0) is 17.2. The van der Waals surface area contributed by atoms with Crippen LogP contribution in [0.4, 0.5) is 5.82 Å². The number of nitrogens with two attached hydrogens (primary N) is 1. The summed E-state index contributed by atoms with van der Waals surface area (Å²) in [6.45, 7) is 1.55. The minimum Gasteiger partial charge on any atom is -0.365 e. The predicted molar refractivity (Wildman–Crippen MR) is 90.2 cm³/mol. The van der Waals surface area contributed by atoms with Gasteiger partial charge < -0.3 is 10.6 Å². The van der Waals surface area contributed by atoms with Crippen molar-refractivity contribution in [3.63, 3.8) is 0 Å². The van der Waals surface area contributed by atoms with Crippen molar-refractivity contribution >= 4 is 21.7 Å². The highest BCUT2D eigenvalue weighted by Crippen LogP contribution is 2.22. The fourth-order valence-corrected chi connectivity index (χ4v) is 4.17. The summed E-state index contributed by atoms with van der Waals surface area (Å²) in [5, 5.41) is 0. The van der Waals surface area contributed by atoms with E-state index in [0.29, 0.717) is 37.6 Å². The van der Waals surface area contributed by atoms with Crippen LogP contribution in [0.2, 0.25) is 0 Å². The van der Waals surface area contributed by atoms with Gasteiger partial charge in [0.1, 0.15) is 5.82 Å². The molecule has 1 aliphatic heterocycles. The van der Waals surface area contributed by atoms with Crippen molar-refractivity contribution in [2.75, 3.05) is 31.1 Å². The van der Waals surface area contributed by atoms with Crippen LogP contribution in [0, 0.1) is 0 Å². The Morgan fingerprint density at radius 2 is 1.67 bits per heavy atom. The van der Waals surface area contributed by atoms with Gasteiger partial charge in [-0.2, -0.15) is 4.31 Å². The Balaban J connectivity index is 1.76. The molecular formula is C16H18N4O3S. The van der Waals surface area contributed by atoms with Gasteiger partial charge in [0.05, 0.1) is 10.5 Å². The minimum absolute atomic E-state index is 0.286. The standard InChI is InChI=1S/C16H18N4O3S/c17-15(21)14-7-4-8-18-16(14)19-9-11-20(12-10-19)24(22,23)13-5-2-1-3-6-13/h1-8H,9-12H2,(H2,17,21). The second-order valence-electron chi connectivity index (χ2n) is 5.44. The molecule has 0 spiro atoms. The van der Waals surface area contributed by atoms with Gasteiger partial charge in [-0.1, -0.05) is 18.2 Å². The number of hydrogen-bond donors (Lipinski definition) is 1. The molecule has 0 saturated carbocycles. The van der Waals surface area contributed by atoms with Crippen molar-refractivity contribution in [2.45, 2.75) is 4.90 Å². The maximum atomic E-state index is 12.6. The van der Waals surface area contributed by atoms with Crippen LogP contribution >= 0.6 is 0 Å². The molecule has 1 saturated heterocycles. The number of rotatable bonds is 4. The molecule has 0 bridgehead atoms. The van der Waals surface area contributed by atoms with Crippen molar-refractivity contribution in [1.29, 1.82) is 0 Å². The molecule has 126 valence electrons. The average Bonchev–Trinajstić information content (AvgIpc) is 2.62. The average molecular weight is 346 g/mol. The lowest BCUT2D eigenvalue weighted by Crippen LogP contribution is -2.49. The molecule has 1 amide bonds. The third-order valence-electron chi connectivity index (χ3n) is 3.97. The summed E-state index contributed by atoms with van der Waals surface area (Å²) in [6, 6.07) is 11.6. The second-order valence-corrected chi connectivity index (χ2v) is 7.38. The Morgan fingerprint density at radius 1 is 1.00 bits per heavy atom. The summed E-state index contributed by atoms with van der Waals surface area (Å²) in [5.41, 5.74) is 5.73. The van der Waals surface area contributed by atoms with E-state index in [1.165, 1.54) is 4.31 Å². The highest BCUT2D eigenvalue weighted by atomic mass is 32.2. The topological polar surface area (TPSA) is 96.6 Å². The first-order chi connectivity index (χ1) is 11.5. The lowest BCUT2D eigenvalue weighted by Gasteiger charge is -2.35.